The monoisotopic (exact) mass is 291 g/mol. The standard InChI is InChI=1S/C18H29NO2/c1-5-6-7-8-19-16(12-18(20)21)11-17-14(3)9-13(2)10-15(17)4/h9-10,16,19H,5-8,11-12H2,1-4H3,(H,20,21). The Morgan fingerprint density at radius 3 is 2.33 bits per heavy atom. The summed E-state index contributed by atoms with van der Waals surface area (Å²) >= 11 is 0. The minimum atomic E-state index is -0.731. The molecule has 0 aliphatic heterocycles. The maximum atomic E-state index is 11.1. The van der Waals surface area contributed by atoms with E-state index in [0.717, 1.165) is 19.4 Å². The smallest absolute Gasteiger partial charge is 0.304 e. The van der Waals surface area contributed by atoms with Gasteiger partial charge in [-0.25, -0.2) is 0 Å². The average Bonchev–Trinajstić information content (AvgIpc) is 2.37. The second-order valence-corrected chi connectivity index (χ2v) is 6.04. The molecule has 118 valence electrons. The zero-order chi connectivity index (χ0) is 15.8. The summed E-state index contributed by atoms with van der Waals surface area (Å²) in [7, 11) is 0. The van der Waals surface area contributed by atoms with Crippen molar-refractivity contribution in [1.29, 1.82) is 0 Å². The van der Waals surface area contributed by atoms with E-state index in [9.17, 15) is 4.79 Å². The van der Waals surface area contributed by atoms with E-state index in [1.165, 1.54) is 35.1 Å². The molecule has 1 atom stereocenters. The number of benzene rings is 1. The molecule has 0 radical (unpaired) electrons. The number of carbonyl (C=O) groups is 1. The first-order valence-corrected chi connectivity index (χ1v) is 7.96. The van der Waals surface area contributed by atoms with Crippen molar-refractivity contribution in [3.8, 4) is 0 Å². The fourth-order valence-corrected chi connectivity index (χ4v) is 2.89. The average molecular weight is 291 g/mol. The van der Waals surface area contributed by atoms with Crippen LogP contribution in [0.2, 0.25) is 0 Å². The SMILES string of the molecule is CCCCCNC(CC(=O)O)Cc1c(C)cc(C)cc1C. The summed E-state index contributed by atoms with van der Waals surface area (Å²) in [6, 6.07) is 4.37. The van der Waals surface area contributed by atoms with Crippen molar-refractivity contribution in [3.05, 3.63) is 34.4 Å². The Bertz CT molecular complexity index is 445. The molecule has 0 saturated heterocycles. The summed E-state index contributed by atoms with van der Waals surface area (Å²) in [6.07, 6.45) is 4.45. The van der Waals surface area contributed by atoms with E-state index in [0.29, 0.717) is 0 Å². The molecule has 0 heterocycles. The van der Waals surface area contributed by atoms with Gasteiger partial charge in [0.05, 0.1) is 6.42 Å². The molecule has 0 amide bonds. The van der Waals surface area contributed by atoms with Gasteiger partial charge in [-0.15, -0.1) is 0 Å². The van der Waals surface area contributed by atoms with Crippen molar-refractivity contribution in [1.82, 2.24) is 5.32 Å². The predicted molar refractivity (Wildman–Crippen MR) is 87.9 cm³/mol. The first kappa shape index (κ1) is 17.7. The van der Waals surface area contributed by atoms with Crippen LogP contribution < -0.4 is 5.32 Å². The Morgan fingerprint density at radius 2 is 1.81 bits per heavy atom. The fourth-order valence-electron chi connectivity index (χ4n) is 2.89. The van der Waals surface area contributed by atoms with Gasteiger partial charge in [0.25, 0.3) is 0 Å². The quantitative estimate of drug-likeness (QED) is 0.681. The normalized spacial score (nSPS) is 12.4. The lowest BCUT2D eigenvalue weighted by Gasteiger charge is -2.20. The summed E-state index contributed by atoms with van der Waals surface area (Å²) in [5.74, 6) is -0.731. The molecule has 0 aliphatic carbocycles. The van der Waals surface area contributed by atoms with E-state index < -0.39 is 5.97 Å². The molecule has 2 N–H and O–H groups in total. The van der Waals surface area contributed by atoms with Gasteiger partial charge in [0.1, 0.15) is 0 Å². The number of aliphatic carboxylic acids is 1. The predicted octanol–water partition coefficient (Wildman–Crippen LogP) is 3.78. The van der Waals surface area contributed by atoms with Gasteiger partial charge in [-0.05, 0) is 56.8 Å². The van der Waals surface area contributed by atoms with Gasteiger partial charge < -0.3 is 10.4 Å². The molecule has 21 heavy (non-hydrogen) atoms. The summed E-state index contributed by atoms with van der Waals surface area (Å²) in [5.41, 5.74) is 5.07. The fraction of sp³-hybridized carbons (Fsp3) is 0.611. The molecule has 0 aromatic heterocycles. The molecule has 0 saturated carbocycles. The zero-order valence-electron chi connectivity index (χ0n) is 13.8. The Labute approximate surface area is 128 Å². The number of aryl methyl sites for hydroxylation is 3. The number of rotatable bonds is 9. The highest BCUT2D eigenvalue weighted by molar-refractivity contribution is 5.67. The van der Waals surface area contributed by atoms with Gasteiger partial charge in [0.2, 0.25) is 0 Å². The van der Waals surface area contributed by atoms with Crippen molar-refractivity contribution < 1.29 is 9.90 Å². The lowest BCUT2D eigenvalue weighted by Crippen LogP contribution is -2.34. The van der Waals surface area contributed by atoms with Crippen LogP contribution in [-0.4, -0.2) is 23.7 Å². The van der Waals surface area contributed by atoms with E-state index in [-0.39, 0.29) is 12.5 Å². The Kier molecular flexibility index (Phi) is 7.44. The number of hydrogen-bond donors (Lipinski definition) is 2. The van der Waals surface area contributed by atoms with Crippen LogP contribution in [0.25, 0.3) is 0 Å². The second-order valence-electron chi connectivity index (χ2n) is 6.04. The van der Waals surface area contributed by atoms with Crippen LogP contribution in [-0.2, 0) is 11.2 Å². The number of carboxylic acid groups (broad SMARTS) is 1. The van der Waals surface area contributed by atoms with Crippen LogP contribution in [0.15, 0.2) is 12.1 Å². The van der Waals surface area contributed by atoms with Crippen molar-refractivity contribution in [3.63, 3.8) is 0 Å². The lowest BCUT2D eigenvalue weighted by atomic mass is 9.93. The largest absolute Gasteiger partial charge is 0.481 e. The van der Waals surface area contributed by atoms with Crippen LogP contribution in [0, 0.1) is 20.8 Å². The Balaban J connectivity index is 2.73. The number of carboxylic acids is 1. The van der Waals surface area contributed by atoms with Gasteiger partial charge in [0, 0.05) is 6.04 Å². The second kappa shape index (κ2) is 8.83. The number of unbranched alkanes of at least 4 members (excludes halogenated alkanes) is 2. The highest BCUT2D eigenvalue weighted by Crippen LogP contribution is 2.19. The topological polar surface area (TPSA) is 49.3 Å². The van der Waals surface area contributed by atoms with Crippen LogP contribution in [0.1, 0.15) is 54.9 Å². The van der Waals surface area contributed by atoms with Gasteiger partial charge in [-0.2, -0.15) is 0 Å². The minimum Gasteiger partial charge on any atom is -0.481 e. The Hall–Kier alpha value is -1.35. The molecule has 1 unspecified atom stereocenters. The van der Waals surface area contributed by atoms with E-state index in [2.05, 4.69) is 45.1 Å². The van der Waals surface area contributed by atoms with E-state index in [4.69, 9.17) is 5.11 Å². The molecule has 1 aromatic carbocycles. The highest BCUT2D eigenvalue weighted by Gasteiger charge is 2.15. The van der Waals surface area contributed by atoms with E-state index in [1.54, 1.807) is 0 Å². The molecule has 3 heteroatoms. The maximum Gasteiger partial charge on any atom is 0.304 e. The maximum absolute atomic E-state index is 11.1. The van der Waals surface area contributed by atoms with Crippen LogP contribution in [0.5, 0.6) is 0 Å². The summed E-state index contributed by atoms with van der Waals surface area (Å²) in [6.45, 7) is 9.40. The van der Waals surface area contributed by atoms with Gasteiger partial charge >= 0.3 is 5.97 Å². The van der Waals surface area contributed by atoms with E-state index in [1.807, 2.05) is 0 Å². The summed E-state index contributed by atoms with van der Waals surface area (Å²) in [5, 5.41) is 12.5. The molecule has 0 bridgehead atoms. The molecule has 3 nitrogen and oxygen atoms in total. The van der Waals surface area contributed by atoms with Crippen molar-refractivity contribution in [2.24, 2.45) is 0 Å². The zero-order valence-corrected chi connectivity index (χ0v) is 13.8. The molecule has 0 spiro atoms. The molecule has 0 aliphatic rings. The third-order valence-electron chi connectivity index (χ3n) is 3.93. The third-order valence-corrected chi connectivity index (χ3v) is 3.93. The molecular weight excluding hydrogens is 262 g/mol. The first-order valence-electron chi connectivity index (χ1n) is 7.96. The molecule has 0 fully saturated rings. The van der Waals surface area contributed by atoms with Gasteiger partial charge in [0.15, 0.2) is 0 Å². The van der Waals surface area contributed by atoms with Crippen molar-refractivity contribution in [2.45, 2.75) is 65.8 Å². The third kappa shape index (κ3) is 6.30. The van der Waals surface area contributed by atoms with Crippen LogP contribution >= 0.6 is 0 Å². The molecular formula is C18H29NO2. The molecule has 1 rings (SSSR count). The van der Waals surface area contributed by atoms with Gasteiger partial charge in [-0.3, -0.25) is 4.79 Å². The molecule has 1 aromatic rings. The van der Waals surface area contributed by atoms with Crippen LogP contribution in [0.3, 0.4) is 0 Å². The number of nitrogens with one attached hydrogen (secondary N) is 1. The van der Waals surface area contributed by atoms with Crippen molar-refractivity contribution in [2.75, 3.05) is 6.54 Å². The lowest BCUT2D eigenvalue weighted by molar-refractivity contribution is -0.137. The van der Waals surface area contributed by atoms with Crippen LogP contribution in [0.4, 0.5) is 0 Å². The van der Waals surface area contributed by atoms with Crippen molar-refractivity contribution >= 4 is 5.97 Å². The van der Waals surface area contributed by atoms with Gasteiger partial charge in [-0.1, -0.05) is 37.5 Å². The number of hydrogen-bond acceptors (Lipinski definition) is 2. The minimum absolute atomic E-state index is 0.0134. The highest BCUT2D eigenvalue weighted by atomic mass is 16.4. The first-order chi connectivity index (χ1) is 9.93. The van der Waals surface area contributed by atoms with E-state index >= 15 is 0 Å². The summed E-state index contributed by atoms with van der Waals surface area (Å²) in [4.78, 5) is 11.1. The summed E-state index contributed by atoms with van der Waals surface area (Å²) < 4.78 is 0. The Morgan fingerprint density at radius 1 is 1.19 bits per heavy atom.